The smallest absolute Gasteiger partial charge is 0.175 e. The van der Waals surface area contributed by atoms with Crippen molar-refractivity contribution in [3.05, 3.63) is 54.1 Å². The van der Waals surface area contributed by atoms with Crippen LogP contribution in [0.1, 0.15) is 18.4 Å². The highest BCUT2D eigenvalue weighted by molar-refractivity contribution is 7.90. The van der Waals surface area contributed by atoms with Gasteiger partial charge in [-0.05, 0) is 41.7 Å². The number of hydrogen-bond acceptors (Lipinski definition) is 3. The van der Waals surface area contributed by atoms with Gasteiger partial charge in [-0.15, -0.1) is 0 Å². The average Bonchev–Trinajstić information content (AvgIpc) is 3.28. The molecule has 0 aromatic heterocycles. The minimum Gasteiger partial charge on any atom is -0.224 e. The summed E-state index contributed by atoms with van der Waals surface area (Å²) in [5.41, 5.74) is 2.79. The fraction of sp³-hybridized carbons (Fsp3) is 0.235. The first kappa shape index (κ1) is 13.8. The van der Waals surface area contributed by atoms with E-state index in [-0.39, 0.29) is 5.41 Å². The predicted octanol–water partition coefficient (Wildman–Crippen LogP) is 3.31. The van der Waals surface area contributed by atoms with Crippen molar-refractivity contribution in [3.63, 3.8) is 0 Å². The third-order valence-corrected chi connectivity index (χ3v) is 5.15. The quantitative estimate of drug-likeness (QED) is 0.873. The molecule has 3 rings (SSSR count). The van der Waals surface area contributed by atoms with Crippen LogP contribution in [-0.2, 0) is 15.3 Å². The van der Waals surface area contributed by atoms with Crippen molar-refractivity contribution < 1.29 is 8.42 Å². The molecule has 0 heterocycles. The van der Waals surface area contributed by atoms with Gasteiger partial charge in [-0.2, -0.15) is 5.26 Å². The Kier molecular flexibility index (Phi) is 3.11. The summed E-state index contributed by atoms with van der Waals surface area (Å²) in [6.07, 6.45) is 3.07. The molecular weight excluding hydrogens is 282 g/mol. The summed E-state index contributed by atoms with van der Waals surface area (Å²) in [6.45, 7) is 0. The topological polar surface area (TPSA) is 57.9 Å². The molecule has 4 heteroatoms. The van der Waals surface area contributed by atoms with Crippen LogP contribution in [0.2, 0.25) is 0 Å². The van der Waals surface area contributed by atoms with Crippen LogP contribution in [-0.4, -0.2) is 14.7 Å². The van der Waals surface area contributed by atoms with E-state index in [9.17, 15) is 13.7 Å². The van der Waals surface area contributed by atoms with Gasteiger partial charge in [0.15, 0.2) is 9.84 Å². The van der Waals surface area contributed by atoms with Crippen molar-refractivity contribution in [1.29, 1.82) is 5.26 Å². The van der Waals surface area contributed by atoms with Crippen LogP contribution in [0.3, 0.4) is 0 Å². The summed E-state index contributed by atoms with van der Waals surface area (Å²) in [5, 5.41) is 9.20. The molecule has 0 aliphatic heterocycles. The summed E-state index contributed by atoms with van der Waals surface area (Å²) in [7, 11) is -3.16. The highest BCUT2D eigenvalue weighted by Crippen LogP contribution is 2.47. The fourth-order valence-electron chi connectivity index (χ4n) is 2.47. The molecule has 106 valence electrons. The maximum absolute atomic E-state index is 11.4. The Morgan fingerprint density at radius 3 is 1.81 bits per heavy atom. The predicted molar refractivity (Wildman–Crippen MR) is 81.5 cm³/mol. The van der Waals surface area contributed by atoms with E-state index in [1.807, 2.05) is 36.4 Å². The molecule has 21 heavy (non-hydrogen) atoms. The van der Waals surface area contributed by atoms with Crippen molar-refractivity contribution in [3.8, 4) is 17.2 Å². The first-order valence-electron chi connectivity index (χ1n) is 6.77. The van der Waals surface area contributed by atoms with Crippen molar-refractivity contribution in [2.45, 2.75) is 23.2 Å². The Bertz CT molecular complexity index is 809. The monoisotopic (exact) mass is 297 g/mol. The second-order valence-electron chi connectivity index (χ2n) is 5.57. The van der Waals surface area contributed by atoms with Crippen molar-refractivity contribution >= 4 is 9.84 Å². The van der Waals surface area contributed by atoms with Gasteiger partial charge in [0.2, 0.25) is 0 Å². The zero-order valence-electron chi connectivity index (χ0n) is 11.7. The molecule has 0 N–H and O–H groups in total. The minimum absolute atomic E-state index is 0.265. The SMILES string of the molecule is CS(=O)(=O)c1ccc(-c2ccc(C3(C#N)CC3)cc2)cc1. The Morgan fingerprint density at radius 2 is 1.43 bits per heavy atom. The molecule has 0 amide bonds. The molecule has 0 atom stereocenters. The molecule has 2 aromatic carbocycles. The molecule has 1 aliphatic rings. The number of benzene rings is 2. The van der Waals surface area contributed by atoms with Crippen LogP contribution < -0.4 is 0 Å². The molecule has 0 spiro atoms. The van der Waals surface area contributed by atoms with Gasteiger partial charge in [0.05, 0.1) is 16.4 Å². The first-order chi connectivity index (χ1) is 9.94. The van der Waals surface area contributed by atoms with Gasteiger partial charge >= 0.3 is 0 Å². The third-order valence-electron chi connectivity index (χ3n) is 4.02. The maximum atomic E-state index is 11.4. The van der Waals surface area contributed by atoms with Crippen LogP contribution in [0.15, 0.2) is 53.4 Å². The van der Waals surface area contributed by atoms with Gasteiger partial charge in [0, 0.05) is 6.26 Å². The zero-order chi connectivity index (χ0) is 15.1. The Balaban J connectivity index is 1.90. The number of nitriles is 1. The van der Waals surface area contributed by atoms with Gasteiger partial charge in [-0.1, -0.05) is 36.4 Å². The van der Waals surface area contributed by atoms with E-state index < -0.39 is 9.84 Å². The maximum Gasteiger partial charge on any atom is 0.175 e. The third kappa shape index (κ3) is 2.57. The van der Waals surface area contributed by atoms with Crippen LogP contribution in [0.5, 0.6) is 0 Å². The molecule has 1 aliphatic carbocycles. The lowest BCUT2D eigenvalue weighted by Gasteiger charge is -2.08. The molecule has 1 fully saturated rings. The van der Waals surface area contributed by atoms with Crippen LogP contribution >= 0.6 is 0 Å². The number of rotatable bonds is 3. The zero-order valence-corrected chi connectivity index (χ0v) is 12.5. The van der Waals surface area contributed by atoms with Crippen molar-refractivity contribution in [2.75, 3.05) is 6.26 Å². The van der Waals surface area contributed by atoms with E-state index in [0.29, 0.717) is 4.90 Å². The van der Waals surface area contributed by atoms with E-state index in [0.717, 1.165) is 29.5 Å². The van der Waals surface area contributed by atoms with E-state index in [2.05, 4.69) is 6.07 Å². The second kappa shape index (κ2) is 4.71. The summed E-state index contributed by atoms with van der Waals surface area (Å²) < 4.78 is 22.9. The van der Waals surface area contributed by atoms with Gasteiger partial charge in [-0.25, -0.2) is 8.42 Å². The van der Waals surface area contributed by atoms with Crippen molar-refractivity contribution in [2.24, 2.45) is 0 Å². The summed E-state index contributed by atoms with van der Waals surface area (Å²) in [4.78, 5) is 0.323. The molecule has 2 aromatic rings. The highest BCUT2D eigenvalue weighted by Gasteiger charge is 2.44. The Labute approximate surface area is 124 Å². The molecular formula is C17H15NO2S. The summed E-state index contributed by atoms with van der Waals surface area (Å²) >= 11 is 0. The van der Waals surface area contributed by atoms with Gasteiger partial charge in [0.1, 0.15) is 0 Å². The number of sulfone groups is 1. The molecule has 1 saturated carbocycles. The lowest BCUT2D eigenvalue weighted by molar-refractivity contribution is 0.602. The van der Waals surface area contributed by atoms with Crippen LogP contribution in [0.25, 0.3) is 11.1 Å². The summed E-state index contributed by atoms with van der Waals surface area (Å²) in [5.74, 6) is 0. The van der Waals surface area contributed by atoms with E-state index in [1.165, 1.54) is 6.26 Å². The molecule has 3 nitrogen and oxygen atoms in total. The van der Waals surface area contributed by atoms with Crippen LogP contribution in [0.4, 0.5) is 0 Å². The highest BCUT2D eigenvalue weighted by atomic mass is 32.2. The van der Waals surface area contributed by atoms with E-state index >= 15 is 0 Å². The largest absolute Gasteiger partial charge is 0.224 e. The standard InChI is InChI=1S/C17H15NO2S/c1-21(19,20)16-8-4-14(5-9-16)13-2-6-15(7-3-13)17(12-18)10-11-17/h2-9H,10-11H2,1H3. The normalized spacial score (nSPS) is 16.2. The average molecular weight is 297 g/mol. The fourth-order valence-corrected chi connectivity index (χ4v) is 3.10. The van der Waals surface area contributed by atoms with Gasteiger partial charge in [0.25, 0.3) is 0 Å². The first-order valence-corrected chi connectivity index (χ1v) is 8.66. The van der Waals surface area contributed by atoms with E-state index in [4.69, 9.17) is 0 Å². The molecule has 0 bridgehead atoms. The van der Waals surface area contributed by atoms with Crippen molar-refractivity contribution in [1.82, 2.24) is 0 Å². The minimum atomic E-state index is -3.16. The Morgan fingerprint density at radius 1 is 0.952 bits per heavy atom. The number of hydrogen-bond donors (Lipinski definition) is 0. The molecule has 0 radical (unpaired) electrons. The summed E-state index contributed by atoms with van der Waals surface area (Å²) in [6, 6.07) is 17.2. The van der Waals surface area contributed by atoms with Crippen LogP contribution in [0, 0.1) is 11.3 Å². The lowest BCUT2D eigenvalue weighted by atomic mass is 9.95. The number of nitrogens with zero attached hydrogens (tertiary/aromatic N) is 1. The second-order valence-corrected chi connectivity index (χ2v) is 7.58. The van der Waals surface area contributed by atoms with Gasteiger partial charge < -0.3 is 0 Å². The lowest BCUT2D eigenvalue weighted by Crippen LogP contribution is -2.01. The van der Waals surface area contributed by atoms with Gasteiger partial charge in [-0.3, -0.25) is 0 Å². The molecule has 0 saturated heterocycles. The molecule has 0 unspecified atom stereocenters. The Hall–Kier alpha value is -2.12. The van der Waals surface area contributed by atoms with E-state index in [1.54, 1.807) is 12.1 Å².